The lowest BCUT2D eigenvalue weighted by molar-refractivity contribution is 0.806. The summed E-state index contributed by atoms with van der Waals surface area (Å²) in [5.41, 5.74) is 1.07. The van der Waals surface area contributed by atoms with Crippen molar-refractivity contribution in [3.63, 3.8) is 0 Å². The molecule has 0 radical (unpaired) electrons. The Hall–Kier alpha value is -0.370. The fourth-order valence-corrected chi connectivity index (χ4v) is 1.96. The average molecular weight is 354 g/mol. The molecule has 6 heteroatoms. The zero-order valence-electron chi connectivity index (χ0n) is 10.1. The third-order valence-electron chi connectivity index (χ3n) is 1.96. The Kier molecular flexibility index (Phi) is 7.65. The Morgan fingerprint density at radius 1 is 1.56 bits per heavy atom. The lowest BCUT2D eigenvalue weighted by Crippen LogP contribution is -2.34. The van der Waals surface area contributed by atoms with Crippen molar-refractivity contribution in [2.75, 3.05) is 14.1 Å². The van der Waals surface area contributed by atoms with E-state index >= 15 is 0 Å². The molecule has 1 aromatic heterocycles. The molecule has 92 valence electrons. The third kappa shape index (κ3) is 4.65. The summed E-state index contributed by atoms with van der Waals surface area (Å²) in [7, 11) is 3.59. The molecule has 0 aromatic carbocycles. The Labute approximate surface area is 118 Å². The predicted molar refractivity (Wildman–Crippen MR) is 80.9 cm³/mol. The first kappa shape index (κ1) is 15.6. The molecule has 4 nitrogen and oxygen atoms in total. The molecule has 0 amide bonds. The van der Waals surface area contributed by atoms with Gasteiger partial charge in [0.25, 0.3) is 0 Å². The number of rotatable bonds is 3. The molecule has 0 aliphatic carbocycles. The summed E-state index contributed by atoms with van der Waals surface area (Å²) < 4.78 is 0. The SMILES string of the molecule is CN=C(NC)NCc1csc(C(C)C)n1.I. The molecule has 0 unspecified atom stereocenters. The smallest absolute Gasteiger partial charge is 0.191 e. The van der Waals surface area contributed by atoms with Crippen molar-refractivity contribution < 1.29 is 0 Å². The van der Waals surface area contributed by atoms with Gasteiger partial charge in [-0.1, -0.05) is 13.8 Å². The van der Waals surface area contributed by atoms with Crippen LogP contribution in [0.2, 0.25) is 0 Å². The predicted octanol–water partition coefficient (Wildman–Crippen LogP) is 2.18. The molecule has 0 fully saturated rings. The summed E-state index contributed by atoms with van der Waals surface area (Å²) in [4.78, 5) is 8.56. The second-order valence-corrected chi connectivity index (χ2v) is 4.40. The minimum Gasteiger partial charge on any atom is -0.359 e. The van der Waals surface area contributed by atoms with Crippen LogP contribution in [0.3, 0.4) is 0 Å². The van der Waals surface area contributed by atoms with Gasteiger partial charge in [0.15, 0.2) is 5.96 Å². The maximum atomic E-state index is 4.52. The second kappa shape index (κ2) is 7.83. The highest BCUT2D eigenvalue weighted by Crippen LogP contribution is 2.18. The van der Waals surface area contributed by atoms with Crippen molar-refractivity contribution in [2.24, 2.45) is 4.99 Å². The van der Waals surface area contributed by atoms with E-state index in [-0.39, 0.29) is 24.0 Å². The minimum absolute atomic E-state index is 0. The molecular weight excluding hydrogens is 335 g/mol. The molecule has 1 rings (SSSR count). The number of hydrogen-bond donors (Lipinski definition) is 2. The normalized spacial score (nSPS) is 11.2. The van der Waals surface area contributed by atoms with Gasteiger partial charge >= 0.3 is 0 Å². The summed E-state index contributed by atoms with van der Waals surface area (Å²) in [6.07, 6.45) is 0. The lowest BCUT2D eigenvalue weighted by atomic mass is 10.2. The van der Waals surface area contributed by atoms with E-state index in [9.17, 15) is 0 Å². The number of guanidine groups is 1. The maximum absolute atomic E-state index is 4.52. The van der Waals surface area contributed by atoms with E-state index in [1.807, 2.05) is 7.05 Å². The average Bonchev–Trinajstić information content (AvgIpc) is 2.68. The molecule has 0 aliphatic rings. The summed E-state index contributed by atoms with van der Waals surface area (Å²) in [5, 5.41) is 9.41. The first-order valence-corrected chi connectivity index (χ1v) is 5.88. The van der Waals surface area contributed by atoms with Gasteiger partial charge in [0.05, 0.1) is 17.2 Å². The number of aromatic nitrogens is 1. The Bertz CT molecular complexity index is 335. The van der Waals surface area contributed by atoms with Crippen molar-refractivity contribution in [1.29, 1.82) is 0 Å². The van der Waals surface area contributed by atoms with Crippen LogP contribution in [-0.2, 0) is 6.54 Å². The number of aliphatic imine (C=N–C) groups is 1. The monoisotopic (exact) mass is 354 g/mol. The van der Waals surface area contributed by atoms with Gasteiger partial charge in [-0.3, -0.25) is 4.99 Å². The van der Waals surface area contributed by atoms with Crippen LogP contribution in [0.15, 0.2) is 10.4 Å². The molecule has 1 heterocycles. The first-order valence-electron chi connectivity index (χ1n) is 5.00. The van der Waals surface area contributed by atoms with Gasteiger partial charge in [0, 0.05) is 25.4 Å². The highest BCUT2D eigenvalue weighted by atomic mass is 127. The number of nitrogens with zero attached hydrogens (tertiary/aromatic N) is 2. The molecule has 1 aromatic rings. The lowest BCUT2D eigenvalue weighted by Gasteiger charge is -2.06. The van der Waals surface area contributed by atoms with Gasteiger partial charge in [-0.05, 0) is 0 Å². The zero-order chi connectivity index (χ0) is 11.3. The summed E-state index contributed by atoms with van der Waals surface area (Å²) in [6.45, 7) is 5.03. The Morgan fingerprint density at radius 2 is 2.25 bits per heavy atom. The molecule has 0 bridgehead atoms. The van der Waals surface area contributed by atoms with Gasteiger partial charge in [-0.25, -0.2) is 4.98 Å². The number of nitrogens with one attached hydrogen (secondary N) is 2. The van der Waals surface area contributed by atoms with Crippen molar-refractivity contribution in [2.45, 2.75) is 26.3 Å². The van der Waals surface area contributed by atoms with Crippen molar-refractivity contribution in [3.05, 3.63) is 16.1 Å². The summed E-state index contributed by atoms with van der Waals surface area (Å²) in [6, 6.07) is 0. The summed E-state index contributed by atoms with van der Waals surface area (Å²) >= 11 is 1.71. The Balaban J connectivity index is 0.00000225. The highest BCUT2D eigenvalue weighted by Gasteiger charge is 2.05. The number of thiazole rings is 1. The van der Waals surface area contributed by atoms with Crippen LogP contribution in [0.1, 0.15) is 30.5 Å². The van der Waals surface area contributed by atoms with E-state index in [1.165, 1.54) is 5.01 Å². The molecule has 0 spiro atoms. The zero-order valence-corrected chi connectivity index (χ0v) is 13.2. The Morgan fingerprint density at radius 3 is 2.69 bits per heavy atom. The molecule has 0 atom stereocenters. The molecule has 0 saturated carbocycles. The van der Waals surface area contributed by atoms with Crippen molar-refractivity contribution in [3.8, 4) is 0 Å². The van der Waals surface area contributed by atoms with Crippen LogP contribution < -0.4 is 10.6 Å². The topological polar surface area (TPSA) is 49.3 Å². The van der Waals surface area contributed by atoms with Crippen molar-refractivity contribution in [1.82, 2.24) is 15.6 Å². The first-order chi connectivity index (χ1) is 7.17. The van der Waals surface area contributed by atoms with E-state index in [0.717, 1.165) is 18.2 Å². The van der Waals surface area contributed by atoms with Gasteiger partial charge in [0.1, 0.15) is 0 Å². The minimum atomic E-state index is 0. The van der Waals surface area contributed by atoms with Crippen LogP contribution >= 0.6 is 35.3 Å². The van der Waals surface area contributed by atoms with Crippen LogP contribution in [0.25, 0.3) is 0 Å². The van der Waals surface area contributed by atoms with E-state index in [4.69, 9.17) is 0 Å². The maximum Gasteiger partial charge on any atom is 0.191 e. The molecule has 2 N–H and O–H groups in total. The van der Waals surface area contributed by atoms with E-state index in [0.29, 0.717) is 5.92 Å². The largest absolute Gasteiger partial charge is 0.359 e. The van der Waals surface area contributed by atoms with Gasteiger partial charge in [-0.2, -0.15) is 0 Å². The fourth-order valence-electron chi connectivity index (χ4n) is 1.12. The summed E-state index contributed by atoms with van der Waals surface area (Å²) in [5.74, 6) is 1.29. The van der Waals surface area contributed by atoms with Gasteiger partial charge in [-0.15, -0.1) is 35.3 Å². The standard InChI is InChI=1S/C10H18N4S.HI/c1-7(2)9-14-8(6-15-9)5-13-10(11-3)12-4;/h6-7H,5H2,1-4H3,(H2,11,12,13);1H. The van der Waals surface area contributed by atoms with Gasteiger partial charge < -0.3 is 10.6 Å². The number of halogens is 1. The fraction of sp³-hybridized carbons (Fsp3) is 0.600. The molecule has 0 aliphatic heterocycles. The van der Waals surface area contributed by atoms with E-state index < -0.39 is 0 Å². The van der Waals surface area contributed by atoms with Gasteiger partial charge in [0.2, 0.25) is 0 Å². The third-order valence-corrected chi connectivity index (χ3v) is 3.15. The molecule has 16 heavy (non-hydrogen) atoms. The van der Waals surface area contributed by atoms with Crippen LogP contribution in [0.5, 0.6) is 0 Å². The van der Waals surface area contributed by atoms with Crippen LogP contribution in [-0.4, -0.2) is 25.0 Å². The number of hydrogen-bond acceptors (Lipinski definition) is 3. The van der Waals surface area contributed by atoms with Crippen LogP contribution in [0, 0.1) is 0 Å². The second-order valence-electron chi connectivity index (χ2n) is 3.51. The quantitative estimate of drug-likeness (QED) is 0.497. The van der Waals surface area contributed by atoms with E-state index in [2.05, 4.69) is 39.8 Å². The van der Waals surface area contributed by atoms with E-state index in [1.54, 1.807) is 18.4 Å². The highest BCUT2D eigenvalue weighted by molar-refractivity contribution is 14.0. The molecule has 0 saturated heterocycles. The van der Waals surface area contributed by atoms with Crippen molar-refractivity contribution >= 4 is 41.3 Å². The molecular formula is C10H19IN4S. The van der Waals surface area contributed by atoms with Crippen LogP contribution in [0.4, 0.5) is 0 Å².